The molecule has 0 spiro atoms. The number of rotatable bonds is 17. The molecule has 2 N–H and O–H groups in total. The number of carbonyl (C=O) groups excluding carboxylic acids is 6. The zero-order valence-electron chi connectivity index (χ0n) is 28.6. The molecule has 0 aromatic heterocycles. The molecule has 2 amide bonds. The van der Waals surface area contributed by atoms with Gasteiger partial charge in [0, 0.05) is 5.92 Å². The molecular weight excluding hydrogens is 628 g/mol. The average molecular weight is 675 g/mol. The predicted molar refractivity (Wildman–Crippen MR) is 171 cm³/mol. The minimum absolute atomic E-state index is 0.0819. The molecule has 1 aliphatic rings. The summed E-state index contributed by atoms with van der Waals surface area (Å²) < 4.78 is 30.1. The molecule has 1 aromatic rings. The van der Waals surface area contributed by atoms with Crippen LogP contribution in [-0.4, -0.2) is 76.7 Å². The van der Waals surface area contributed by atoms with E-state index in [0.29, 0.717) is 11.1 Å². The molecule has 0 radical (unpaired) electrons. The third-order valence-electron chi connectivity index (χ3n) is 8.27. The molecular formula is C34H46N2O12. The highest BCUT2D eigenvalue weighted by Gasteiger charge is 2.66. The van der Waals surface area contributed by atoms with E-state index in [9.17, 15) is 28.8 Å². The molecule has 48 heavy (non-hydrogen) atoms. The maximum atomic E-state index is 12.6. The molecule has 3 unspecified atom stereocenters. The second-order valence-electron chi connectivity index (χ2n) is 12.2. The van der Waals surface area contributed by atoms with Crippen molar-refractivity contribution >= 4 is 36.1 Å². The van der Waals surface area contributed by atoms with Gasteiger partial charge in [-0.1, -0.05) is 43.3 Å². The van der Waals surface area contributed by atoms with Gasteiger partial charge in [0.1, 0.15) is 26.4 Å². The van der Waals surface area contributed by atoms with Gasteiger partial charge in [0.25, 0.3) is 0 Å². The summed E-state index contributed by atoms with van der Waals surface area (Å²) in [5, 5.41) is 5.52. The SMILES string of the molecule is C=CC1CC1(C(=O)OC)C(=O)OCCOC(=O)NC(C)(C)c1cccc(C(C)(C)NC(=O)OCCOC(=O)C(C=C)(CC)C(=O)OC)c1. The molecule has 14 nitrogen and oxygen atoms in total. The zero-order valence-corrected chi connectivity index (χ0v) is 28.6. The number of amides is 2. The molecule has 0 aliphatic heterocycles. The van der Waals surface area contributed by atoms with Crippen molar-refractivity contribution in [3.05, 3.63) is 60.7 Å². The Morgan fingerprint density at radius 2 is 1.29 bits per heavy atom. The van der Waals surface area contributed by atoms with Crippen LogP contribution in [0, 0.1) is 16.7 Å². The van der Waals surface area contributed by atoms with Crippen LogP contribution in [0.4, 0.5) is 9.59 Å². The topological polar surface area (TPSA) is 182 Å². The molecule has 14 heteroatoms. The van der Waals surface area contributed by atoms with E-state index in [1.165, 1.54) is 19.3 Å². The van der Waals surface area contributed by atoms with Crippen molar-refractivity contribution < 1.29 is 57.2 Å². The number of benzene rings is 1. The van der Waals surface area contributed by atoms with Crippen LogP contribution in [0.5, 0.6) is 0 Å². The number of hydrogen-bond acceptors (Lipinski definition) is 12. The van der Waals surface area contributed by atoms with E-state index >= 15 is 0 Å². The summed E-state index contributed by atoms with van der Waals surface area (Å²) in [6.45, 7) is 14.7. The molecule has 1 saturated carbocycles. The van der Waals surface area contributed by atoms with Gasteiger partial charge in [0.2, 0.25) is 0 Å². The Labute approximate surface area is 280 Å². The summed E-state index contributed by atoms with van der Waals surface area (Å²) >= 11 is 0. The minimum Gasteiger partial charge on any atom is -0.468 e. The Bertz CT molecular complexity index is 1400. The lowest BCUT2D eigenvalue weighted by atomic mass is 9.85. The average Bonchev–Trinajstić information content (AvgIpc) is 3.81. The number of hydrogen-bond donors (Lipinski definition) is 2. The standard InChI is InChI=1S/C34H46N2O12/c1-10-22-21-34(22,27(39)44-9)28(40)46-17-19-48-30(42)36-32(6,7)24-15-13-14-23(20-24)31(4,5)35-29(41)47-18-16-45-26(38)33(11-2,12-3)25(37)43-8/h10-11,13-15,20,22H,1-2,12,16-19,21H2,3-9H3,(H,35,41)(H,36,42). The quantitative estimate of drug-likeness (QED) is 0.0803. The van der Waals surface area contributed by atoms with Crippen LogP contribution in [0.3, 0.4) is 0 Å². The number of esters is 4. The number of allylic oxidation sites excluding steroid dienone is 1. The van der Waals surface area contributed by atoms with Gasteiger partial charge in [0.05, 0.1) is 25.3 Å². The smallest absolute Gasteiger partial charge is 0.407 e. The van der Waals surface area contributed by atoms with Gasteiger partial charge in [-0.15, -0.1) is 13.2 Å². The zero-order chi connectivity index (χ0) is 36.3. The molecule has 264 valence electrons. The monoisotopic (exact) mass is 674 g/mol. The first-order chi connectivity index (χ1) is 22.5. The molecule has 0 bridgehead atoms. The van der Waals surface area contributed by atoms with Gasteiger partial charge in [-0.2, -0.15) is 0 Å². The van der Waals surface area contributed by atoms with E-state index in [2.05, 4.69) is 23.8 Å². The van der Waals surface area contributed by atoms with E-state index in [0.717, 1.165) is 7.11 Å². The Morgan fingerprint density at radius 3 is 1.71 bits per heavy atom. The van der Waals surface area contributed by atoms with Gasteiger partial charge >= 0.3 is 36.1 Å². The van der Waals surface area contributed by atoms with Crippen LogP contribution in [-0.2, 0) is 58.7 Å². The van der Waals surface area contributed by atoms with Crippen molar-refractivity contribution in [1.82, 2.24) is 10.6 Å². The van der Waals surface area contributed by atoms with Crippen molar-refractivity contribution in [1.29, 1.82) is 0 Å². The largest absolute Gasteiger partial charge is 0.468 e. The molecule has 0 saturated heterocycles. The lowest BCUT2D eigenvalue weighted by molar-refractivity contribution is -0.168. The maximum absolute atomic E-state index is 12.6. The molecule has 3 atom stereocenters. The van der Waals surface area contributed by atoms with E-state index < -0.39 is 58.0 Å². The number of carbonyl (C=O) groups is 6. The van der Waals surface area contributed by atoms with E-state index in [1.807, 2.05) is 0 Å². The summed E-state index contributed by atoms with van der Waals surface area (Å²) in [7, 11) is 2.34. The van der Waals surface area contributed by atoms with Gasteiger partial charge in [-0.3, -0.25) is 19.2 Å². The first kappa shape index (κ1) is 39.3. The Morgan fingerprint density at radius 1 is 0.792 bits per heavy atom. The predicted octanol–water partition coefficient (Wildman–Crippen LogP) is 3.82. The Hall–Kier alpha value is -4.88. The summed E-state index contributed by atoms with van der Waals surface area (Å²) in [5.41, 5.74) is -3.53. The molecule has 0 heterocycles. The van der Waals surface area contributed by atoms with Crippen LogP contribution in [0.2, 0.25) is 0 Å². The molecule has 1 aliphatic carbocycles. The fourth-order valence-corrected chi connectivity index (χ4v) is 4.99. The summed E-state index contributed by atoms with van der Waals surface area (Å²) in [6, 6.07) is 7.15. The summed E-state index contributed by atoms with van der Waals surface area (Å²) in [5.74, 6) is -3.49. The van der Waals surface area contributed by atoms with Crippen molar-refractivity contribution in [3.8, 4) is 0 Å². The van der Waals surface area contributed by atoms with E-state index in [1.54, 1.807) is 58.9 Å². The Balaban J connectivity index is 1.89. The van der Waals surface area contributed by atoms with E-state index in [4.69, 9.17) is 28.4 Å². The summed E-state index contributed by atoms with van der Waals surface area (Å²) in [4.78, 5) is 74.4. The van der Waals surface area contributed by atoms with Crippen molar-refractivity contribution in [2.75, 3.05) is 40.6 Å². The summed E-state index contributed by atoms with van der Waals surface area (Å²) in [6.07, 6.45) is 1.46. The fourth-order valence-electron chi connectivity index (χ4n) is 4.99. The third kappa shape index (κ3) is 8.92. The normalized spacial score (nSPS) is 18.1. The van der Waals surface area contributed by atoms with Crippen LogP contribution < -0.4 is 10.6 Å². The second kappa shape index (κ2) is 16.3. The lowest BCUT2D eigenvalue weighted by Gasteiger charge is -2.30. The molecule has 1 fully saturated rings. The molecule has 2 rings (SSSR count). The number of alkyl carbamates (subject to hydrolysis) is 2. The van der Waals surface area contributed by atoms with Crippen molar-refractivity contribution in [2.45, 2.75) is 58.5 Å². The minimum atomic E-state index is -1.65. The first-order valence-corrected chi connectivity index (χ1v) is 15.3. The van der Waals surface area contributed by atoms with Crippen LogP contribution >= 0.6 is 0 Å². The van der Waals surface area contributed by atoms with Crippen LogP contribution in [0.25, 0.3) is 0 Å². The van der Waals surface area contributed by atoms with Crippen molar-refractivity contribution in [2.24, 2.45) is 16.7 Å². The second-order valence-corrected chi connectivity index (χ2v) is 12.2. The number of ether oxygens (including phenoxy) is 6. The Kier molecular flexibility index (Phi) is 13.3. The highest BCUT2D eigenvalue weighted by atomic mass is 16.6. The van der Waals surface area contributed by atoms with Gasteiger partial charge < -0.3 is 39.1 Å². The van der Waals surface area contributed by atoms with Gasteiger partial charge in [-0.05, 0) is 51.7 Å². The fraction of sp³-hybridized carbons (Fsp3) is 0.529. The molecule has 1 aromatic carbocycles. The van der Waals surface area contributed by atoms with Crippen LogP contribution in [0.15, 0.2) is 49.6 Å². The van der Waals surface area contributed by atoms with Crippen LogP contribution in [0.1, 0.15) is 58.6 Å². The highest BCUT2D eigenvalue weighted by molar-refractivity contribution is 6.04. The highest BCUT2D eigenvalue weighted by Crippen LogP contribution is 2.55. The van der Waals surface area contributed by atoms with E-state index in [-0.39, 0.29) is 45.2 Å². The van der Waals surface area contributed by atoms with Gasteiger partial charge in [0.15, 0.2) is 10.8 Å². The van der Waals surface area contributed by atoms with Crippen molar-refractivity contribution in [3.63, 3.8) is 0 Å². The third-order valence-corrected chi connectivity index (χ3v) is 8.27. The number of methoxy groups -OCH3 is 2. The maximum Gasteiger partial charge on any atom is 0.407 e. The lowest BCUT2D eigenvalue weighted by Crippen LogP contribution is -2.43. The first-order valence-electron chi connectivity index (χ1n) is 15.3. The number of nitrogens with one attached hydrogen (secondary N) is 2. The van der Waals surface area contributed by atoms with Gasteiger partial charge in [-0.25, -0.2) is 9.59 Å².